The Bertz CT molecular complexity index is 934. The number of nitrogens with one attached hydrogen (secondary N) is 2. The highest BCUT2D eigenvalue weighted by atomic mass is 16.2. The molecule has 144 valence electrons. The van der Waals surface area contributed by atoms with Crippen LogP contribution in [0.5, 0.6) is 0 Å². The van der Waals surface area contributed by atoms with E-state index < -0.39 is 0 Å². The molecule has 0 unspecified atom stereocenters. The standard InChI is InChI=1S/C21H23N5O2/c1-25(2)20(27)18-5-3-6-19(13-18)24-21(28)22-14-16-7-9-17(10-8-16)15-26-12-4-11-23-26/h3-13H,14-15H2,1-2H3,(H2,22,24,28). The number of rotatable bonds is 6. The lowest BCUT2D eigenvalue weighted by Gasteiger charge is -2.12. The minimum atomic E-state index is -0.324. The molecule has 28 heavy (non-hydrogen) atoms. The second-order valence-electron chi connectivity index (χ2n) is 6.61. The second-order valence-corrected chi connectivity index (χ2v) is 6.61. The Hall–Kier alpha value is -3.61. The van der Waals surface area contributed by atoms with Gasteiger partial charge in [0.15, 0.2) is 0 Å². The van der Waals surface area contributed by atoms with Gasteiger partial charge in [-0.05, 0) is 35.4 Å². The van der Waals surface area contributed by atoms with Crippen LogP contribution >= 0.6 is 0 Å². The number of carbonyl (C=O) groups is 2. The van der Waals surface area contributed by atoms with Gasteiger partial charge in [0.25, 0.3) is 5.91 Å². The first kappa shape index (κ1) is 19.2. The lowest BCUT2D eigenvalue weighted by atomic mass is 10.1. The largest absolute Gasteiger partial charge is 0.345 e. The lowest BCUT2D eigenvalue weighted by Crippen LogP contribution is -2.28. The summed E-state index contributed by atoms with van der Waals surface area (Å²) in [6.45, 7) is 1.12. The molecule has 3 aromatic rings. The molecule has 7 nitrogen and oxygen atoms in total. The van der Waals surface area contributed by atoms with Crippen LogP contribution in [0.1, 0.15) is 21.5 Å². The van der Waals surface area contributed by atoms with E-state index in [4.69, 9.17) is 0 Å². The first-order valence-electron chi connectivity index (χ1n) is 8.93. The lowest BCUT2D eigenvalue weighted by molar-refractivity contribution is 0.0827. The summed E-state index contributed by atoms with van der Waals surface area (Å²) >= 11 is 0. The fourth-order valence-corrected chi connectivity index (χ4v) is 2.69. The summed E-state index contributed by atoms with van der Waals surface area (Å²) in [7, 11) is 3.38. The smallest absolute Gasteiger partial charge is 0.319 e. The summed E-state index contributed by atoms with van der Waals surface area (Å²) in [6, 6.07) is 16.4. The number of hydrogen-bond donors (Lipinski definition) is 2. The minimum absolute atomic E-state index is 0.112. The van der Waals surface area contributed by atoms with Crippen molar-refractivity contribution in [2.45, 2.75) is 13.1 Å². The Labute approximate surface area is 164 Å². The molecule has 7 heteroatoms. The first-order valence-corrected chi connectivity index (χ1v) is 8.93. The van der Waals surface area contributed by atoms with Crippen LogP contribution in [0.15, 0.2) is 67.0 Å². The molecule has 1 heterocycles. The molecular formula is C21H23N5O2. The molecule has 0 bridgehead atoms. The molecule has 0 spiro atoms. The summed E-state index contributed by atoms with van der Waals surface area (Å²) in [4.78, 5) is 25.7. The molecule has 0 aliphatic rings. The van der Waals surface area contributed by atoms with Crippen LogP contribution in [-0.4, -0.2) is 40.7 Å². The van der Waals surface area contributed by atoms with E-state index in [2.05, 4.69) is 15.7 Å². The van der Waals surface area contributed by atoms with E-state index in [9.17, 15) is 9.59 Å². The van der Waals surface area contributed by atoms with Crippen LogP contribution in [-0.2, 0) is 13.1 Å². The van der Waals surface area contributed by atoms with Gasteiger partial charge in [0.1, 0.15) is 0 Å². The zero-order valence-corrected chi connectivity index (χ0v) is 15.9. The number of benzene rings is 2. The number of nitrogens with zero attached hydrogens (tertiary/aromatic N) is 3. The van der Waals surface area contributed by atoms with Gasteiger partial charge in [0, 0.05) is 44.3 Å². The van der Waals surface area contributed by atoms with E-state index in [0.717, 1.165) is 11.1 Å². The Kier molecular flexibility index (Phi) is 6.06. The highest BCUT2D eigenvalue weighted by Crippen LogP contribution is 2.12. The van der Waals surface area contributed by atoms with Crippen molar-refractivity contribution in [3.63, 3.8) is 0 Å². The van der Waals surface area contributed by atoms with Crippen molar-refractivity contribution < 1.29 is 9.59 Å². The average Bonchev–Trinajstić information content (AvgIpc) is 3.20. The summed E-state index contributed by atoms with van der Waals surface area (Å²) < 4.78 is 1.86. The zero-order valence-electron chi connectivity index (χ0n) is 15.9. The summed E-state index contributed by atoms with van der Waals surface area (Å²) in [5.74, 6) is -0.112. The normalized spacial score (nSPS) is 10.4. The van der Waals surface area contributed by atoms with Gasteiger partial charge in [-0.15, -0.1) is 0 Å². The number of carbonyl (C=O) groups excluding carboxylic acids is 2. The van der Waals surface area contributed by atoms with Gasteiger partial charge in [0.05, 0.1) is 6.54 Å². The predicted octanol–water partition coefficient (Wildman–Crippen LogP) is 2.95. The molecule has 0 atom stereocenters. The molecule has 3 rings (SSSR count). The molecule has 1 aromatic heterocycles. The van der Waals surface area contributed by atoms with Crippen molar-refractivity contribution >= 4 is 17.6 Å². The van der Waals surface area contributed by atoms with Gasteiger partial charge < -0.3 is 15.5 Å². The van der Waals surface area contributed by atoms with Crippen LogP contribution in [0.3, 0.4) is 0 Å². The Morgan fingerprint density at radius 1 is 1.04 bits per heavy atom. The summed E-state index contributed by atoms with van der Waals surface area (Å²) in [5.41, 5.74) is 3.23. The van der Waals surface area contributed by atoms with Crippen LogP contribution in [0, 0.1) is 0 Å². The molecule has 2 aromatic carbocycles. The highest BCUT2D eigenvalue weighted by Gasteiger charge is 2.09. The Morgan fingerprint density at radius 3 is 2.46 bits per heavy atom. The monoisotopic (exact) mass is 377 g/mol. The fraction of sp³-hybridized carbons (Fsp3) is 0.190. The molecule has 0 radical (unpaired) electrons. The maximum absolute atomic E-state index is 12.2. The summed E-state index contributed by atoms with van der Waals surface area (Å²) in [5, 5.41) is 9.76. The van der Waals surface area contributed by atoms with Gasteiger partial charge in [0.2, 0.25) is 0 Å². The SMILES string of the molecule is CN(C)C(=O)c1cccc(NC(=O)NCc2ccc(Cn3cccn3)cc2)c1. The van der Waals surface area contributed by atoms with Crippen molar-refractivity contribution in [2.75, 3.05) is 19.4 Å². The van der Waals surface area contributed by atoms with Crippen molar-refractivity contribution in [1.82, 2.24) is 20.0 Å². The van der Waals surface area contributed by atoms with Crippen molar-refractivity contribution in [3.05, 3.63) is 83.7 Å². The highest BCUT2D eigenvalue weighted by molar-refractivity contribution is 5.96. The van der Waals surface area contributed by atoms with Crippen LogP contribution in [0.25, 0.3) is 0 Å². The fourth-order valence-electron chi connectivity index (χ4n) is 2.69. The van der Waals surface area contributed by atoms with Crippen molar-refractivity contribution in [1.29, 1.82) is 0 Å². The first-order chi connectivity index (χ1) is 13.5. The number of urea groups is 1. The Balaban J connectivity index is 1.51. The van der Waals surface area contributed by atoms with Crippen LogP contribution in [0.4, 0.5) is 10.5 Å². The quantitative estimate of drug-likeness (QED) is 0.693. The van der Waals surface area contributed by atoms with E-state index >= 15 is 0 Å². The molecule has 0 aliphatic carbocycles. The maximum Gasteiger partial charge on any atom is 0.319 e. The average molecular weight is 377 g/mol. The third kappa shape index (κ3) is 5.20. The number of amides is 3. The second kappa shape index (κ2) is 8.85. The number of hydrogen-bond acceptors (Lipinski definition) is 3. The van der Waals surface area contributed by atoms with Gasteiger partial charge in [-0.3, -0.25) is 9.48 Å². The molecule has 2 N–H and O–H groups in total. The van der Waals surface area contributed by atoms with Crippen LogP contribution in [0.2, 0.25) is 0 Å². The topological polar surface area (TPSA) is 79.3 Å². The van der Waals surface area contributed by atoms with Crippen molar-refractivity contribution in [3.8, 4) is 0 Å². The van der Waals surface area contributed by atoms with Gasteiger partial charge in [-0.25, -0.2) is 4.79 Å². The van der Waals surface area contributed by atoms with E-state index in [0.29, 0.717) is 24.3 Å². The molecule has 0 saturated heterocycles. The molecular weight excluding hydrogens is 354 g/mol. The van der Waals surface area contributed by atoms with Gasteiger partial charge in [-0.1, -0.05) is 30.3 Å². The van der Waals surface area contributed by atoms with Crippen LogP contribution < -0.4 is 10.6 Å². The third-order valence-electron chi connectivity index (χ3n) is 4.15. The van der Waals surface area contributed by atoms with E-state index in [1.54, 1.807) is 44.6 Å². The Morgan fingerprint density at radius 2 is 1.79 bits per heavy atom. The molecule has 0 fully saturated rings. The number of aromatic nitrogens is 2. The number of anilines is 1. The molecule has 0 aliphatic heterocycles. The predicted molar refractivity (Wildman–Crippen MR) is 108 cm³/mol. The van der Waals surface area contributed by atoms with E-state index in [1.807, 2.05) is 41.2 Å². The third-order valence-corrected chi connectivity index (χ3v) is 4.15. The van der Waals surface area contributed by atoms with Gasteiger partial charge in [-0.2, -0.15) is 5.10 Å². The van der Waals surface area contributed by atoms with E-state index in [1.165, 1.54) is 4.90 Å². The summed E-state index contributed by atoms with van der Waals surface area (Å²) in [6.07, 6.45) is 3.67. The zero-order chi connectivity index (χ0) is 19.9. The van der Waals surface area contributed by atoms with E-state index in [-0.39, 0.29) is 11.9 Å². The minimum Gasteiger partial charge on any atom is -0.345 e. The van der Waals surface area contributed by atoms with Gasteiger partial charge >= 0.3 is 6.03 Å². The molecule has 3 amide bonds. The maximum atomic E-state index is 12.2. The van der Waals surface area contributed by atoms with Crippen molar-refractivity contribution in [2.24, 2.45) is 0 Å². The molecule has 0 saturated carbocycles.